The Labute approximate surface area is 120 Å². The van der Waals surface area contributed by atoms with E-state index in [-0.39, 0.29) is 5.91 Å². The Hall–Kier alpha value is -2.34. The number of hydrogen-bond donors (Lipinski definition) is 2. The van der Waals surface area contributed by atoms with E-state index in [4.69, 9.17) is 4.74 Å². The quantitative estimate of drug-likeness (QED) is 0.846. The zero-order chi connectivity index (χ0) is 14.4. The summed E-state index contributed by atoms with van der Waals surface area (Å²) in [4.78, 5) is 23.9. The number of benzene rings is 1. The topological polar surface area (TPSA) is 67.4 Å². The second-order valence-electron chi connectivity index (χ2n) is 3.99. The standard InChI is InChI=1S/C14H14N2O3S/c1-10(19-11-6-3-2-4-7-11)13(17)15-16-14(18)12-8-5-9-20-12/h2-10H,1H3,(H,15,17)(H,16,18)/t10-/m1/s1. The number of hydrazine groups is 1. The third-order valence-corrected chi connectivity index (χ3v) is 3.34. The molecule has 0 aliphatic rings. The smallest absolute Gasteiger partial charge is 0.279 e. The van der Waals surface area contributed by atoms with Gasteiger partial charge in [-0.1, -0.05) is 24.3 Å². The zero-order valence-electron chi connectivity index (χ0n) is 10.8. The zero-order valence-corrected chi connectivity index (χ0v) is 11.6. The number of para-hydroxylation sites is 1. The molecule has 104 valence electrons. The molecule has 0 bridgehead atoms. The van der Waals surface area contributed by atoms with Crippen molar-refractivity contribution in [2.24, 2.45) is 0 Å². The number of hydrogen-bond acceptors (Lipinski definition) is 4. The molecule has 0 unspecified atom stereocenters. The van der Waals surface area contributed by atoms with Crippen molar-refractivity contribution in [2.45, 2.75) is 13.0 Å². The van der Waals surface area contributed by atoms with Crippen molar-refractivity contribution in [1.82, 2.24) is 10.9 Å². The first-order valence-electron chi connectivity index (χ1n) is 6.02. The van der Waals surface area contributed by atoms with Crippen molar-refractivity contribution in [1.29, 1.82) is 0 Å². The Balaban J connectivity index is 1.81. The van der Waals surface area contributed by atoms with E-state index >= 15 is 0 Å². The summed E-state index contributed by atoms with van der Waals surface area (Å²) < 4.78 is 5.44. The van der Waals surface area contributed by atoms with E-state index in [1.165, 1.54) is 11.3 Å². The van der Waals surface area contributed by atoms with E-state index in [0.29, 0.717) is 10.6 Å². The van der Waals surface area contributed by atoms with Gasteiger partial charge in [-0.05, 0) is 30.5 Å². The first kappa shape index (κ1) is 14.1. The Morgan fingerprint density at radius 1 is 1.10 bits per heavy atom. The number of ether oxygens (including phenoxy) is 1. The molecule has 2 rings (SSSR count). The van der Waals surface area contributed by atoms with Crippen LogP contribution in [0.1, 0.15) is 16.6 Å². The molecule has 0 aliphatic heterocycles. The van der Waals surface area contributed by atoms with Gasteiger partial charge in [-0.2, -0.15) is 0 Å². The lowest BCUT2D eigenvalue weighted by atomic mass is 10.3. The highest BCUT2D eigenvalue weighted by Crippen LogP contribution is 2.10. The maximum absolute atomic E-state index is 11.8. The molecule has 1 heterocycles. The molecule has 20 heavy (non-hydrogen) atoms. The van der Waals surface area contributed by atoms with Gasteiger partial charge in [0.05, 0.1) is 4.88 Å². The number of thiophene rings is 1. The number of rotatable bonds is 4. The molecule has 0 aliphatic carbocycles. The molecule has 2 aromatic rings. The highest BCUT2D eigenvalue weighted by molar-refractivity contribution is 7.12. The van der Waals surface area contributed by atoms with Crippen LogP contribution < -0.4 is 15.6 Å². The van der Waals surface area contributed by atoms with Gasteiger partial charge >= 0.3 is 0 Å². The second kappa shape index (κ2) is 6.72. The van der Waals surface area contributed by atoms with Gasteiger partial charge in [0.1, 0.15) is 5.75 Å². The predicted octanol–water partition coefficient (Wildman–Crippen LogP) is 1.98. The van der Waals surface area contributed by atoms with Crippen molar-refractivity contribution in [3.63, 3.8) is 0 Å². The SMILES string of the molecule is C[C@@H](Oc1ccccc1)C(=O)NNC(=O)c1cccs1. The van der Waals surface area contributed by atoms with Gasteiger partial charge in [-0.3, -0.25) is 20.4 Å². The fraction of sp³-hybridized carbons (Fsp3) is 0.143. The Morgan fingerprint density at radius 2 is 1.85 bits per heavy atom. The van der Waals surface area contributed by atoms with E-state index in [9.17, 15) is 9.59 Å². The molecule has 1 aromatic carbocycles. The molecule has 0 radical (unpaired) electrons. The van der Waals surface area contributed by atoms with Gasteiger partial charge in [0.2, 0.25) is 0 Å². The summed E-state index contributed by atoms with van der Waals surface area (Å²) in [5, 5.41) is 1.79. The Kier molecular flexibility index (Phi) is 4.73. The molecule has 1 atom stereocenters. The predicted molar refractivity (Wildman–Crippen MR) is 76.5 cm³/mol. The van der Waals surface area contributed by atoms with Crippen LogP contribution >= 0.6 is 11.3 Å². The third-order valence-electron chi connectivity index (χ3n) is 2.47. The van der Waals surface area contributed by atoms with Gasteiger partial charge in [0.25, 0.3) is 11.8 Å². The lowest BCUT2D eigenvalue weighted by Gasteiger charge is -2.14. The number of amides is 2. The summed E-state index contributed by atoms with van der Waals surface area (Å²) in [6.07, 6.45) is -0.707. The highest BCUT2D eigenvalue weighted by atomic mass is 32.1. The van der Waals surface area contributed by atoms with Crippen LogP contribution in [0.2, 0.25) is 0 Å². The number of carbonyl (C=O) groups excluding carboxylic acids is 2. The van der Waals surface area contributed by atoms with Gasteiger partial charge < -0.3 is 4.74 Å². The van der Waals surface area contributed by atoms with Crippen molar-refractivity contribution < 1.29 is 14.3 Å². The van der Waals surface area contributed by atoms with E-state index in [1.807, 2.05) is 18.2 Å². The van der Waals surface area contributed by atoms with Gasteiger partial charge in [0, 0.05) is 0 Å². The summed E-state index contributed by atoms with van der Waals surface area (Å²) in [6, 6.07) is 12.5. The molecule has 6 heteroatoms. The van der Waals surface area contributed by atoms with E-state index < -0.39 is 12.0 Å². The van der Waals surface area contributed by atoms with Crippen LogP contribution in [0.3, 0.4) is 0 Å². The van der Waals surface area contributed by atoms with Crippen molar-refractivity contribution in [3.05, 3.63) is 52.7 Å². The minimum atomic E-state index is -0.707. The molecule has 2 amide bonds. The molecule has 0 saturated carbocycles. The normalized spacial score (nSPS) is 11.4. The summed E-state index contributed by atoms with van der Waals surface area (Å²) in [5.41, 5.74) is 4.68. The largest absolute Gasteiger partial charge is 0.481 e. The first-order valence-corrected chi connectivity index (χ1v) is 6.90. The third kappa shape index (κ3) is 3.83. The minimum absolute atomic E-state index is 0.347. The van der Waals surface area contributed by atoms with Crippen LogP contribution in [0.4, 0.5) is 0 Å². The first-order chi connectivity index (χ1) is 9.66. The van der Waals surface area contributed by atoms with Crippen molar-refractivity contribution in [2.75, 3.05) is 0 Å². The summed E-state index contributed by atoms with van der Waals surface area (Å²) in [7, 11) is 0. The van der Waals surface area contributed by atoms with E-state index in [1.54, 1.807) is 36.6 Å². The fourth-order valence-electron chi connectivity index (χ4n) is 1.45. The van der Waals surface area contributed by atoms with Gasteiger partial charge in [-0.15, -0.1) is 11.3 Å². The van der Waals surface area contributed by atoms with Crippen molar-refractivity contribution in [3.8, 4) is 5.75 Å². The van der Waals surface area contributed by atoms with Crippen LogP contribution in [0, 0.1) is 0 Å². The monoisotopic (exact) mass is 290 g/mol. The molecule has 2 N–H and O–H groups in total. The van der Waals surface area contributed by atoms with Gasteiger partial charge in [0.15, 0.2) is 6.10 Å². The average Bonchev–Trinajstić information content (AvgIpc) is 2.99. The summed E-state index contributed by atoms with van der Waals surface area (Å²) >= 11 is 1.30. The fourth-order valence-corrected chi connectivity index (χ4v) is 2.07. The molecule has 0 spiro atoms. The van der Waals surface area contributed by atoms with E-state index in [0.717, 1.165) is 0 Å². The Morgan fingerprint density at radius 3 is 2.50 bits per heavy atom. The van der Waals surface area contributed by atoms with Crippen LogP contribution in [-0.4, -0.2) is 17.9 Å². The highest BCUT2D eigenvalue weighted by Gasteiger charge is 2.15. The summed E-state index contributed by atoms with van der Waals surface area (Å²) in [5.74, 6) is -0.168. The van der Waals surface area contributed by atoms with Crippen molar-refractivity contribution >= 4 is 23.2 Å². The number of carbonyl (C=O) groups is 2. The second-order valence-corrected chi connectivity index (χ2v) is 4.94. The maximum atomic E-state index is 11.8. The lowest BCUT2D eigenvalue weighted by Crippen LogP contribution is -2.47. The molecule has 1 aromatic heterocycles. The van der Waals surface area contributed by atoms with Crippen LogP contribution in [-0.2, 0) is 4.79 Å². The summed E-state index contributed by atoms with van der Waals surface area (Å²) in [6.45, 7) is 1.61. The lowest BCUT2D eigenvalue weighted by molar-refractivity contribution is -0.128. The Bertz CT molecular complexity index is 569. The maximum Gasteiger partial charge on any atom is 0.279 e. The number of nitrogens with one attached hydrogen (secondary N) is 2. The van der Waals surface area contributed by atoms with Gasteiger partial charge in [-0.25, -0.2) is 0 Å². The molecular weight excluding hydrogens is 276 g/mol. The van der Waals surface area contributed by atoms with Crippen LogP contribution in [0.25, 0.3) is 0 Å². The molecule has 5 nitrogen and oxygen atoms in total. The van der Waals surface area contributed by atoms with Crippen LogP contribution in [0.5, 0.6) is 5.75 Å². The molecular formula is C14H14N2O3S. The van der Waals surface area contributed by atoms with E-state index in [2.05, 4.69) is 10.9 Å². The van der Waals surface area contributed by atoms with Crippen LogP contribution in [0.15, 0.2) is 47.8 Å². The average molecular weight is 290 g/mol. The minimum Gasteiger partial charge on any atom is -0.481 e. The molecule has 0 fully saturated rings. The molecule has 0 saturated heterocycles.